The number of nitrogens with one attached hydrogen (secondary N) is 1. The van der Waals surface area contributed by atoms with Gasteiger partial charge in [0.15, 0.2) is 5.96 Å². The van der Waals surface area contributed by atoms with Crippen molar-refractivity contribution in [1.82, 2.24) is 10.3 Å². The van der Waals surface area contributed by atoms with Crippen LogP contribution in [-0.2, 0) is 6.42 Å². The van der Waals surface area contributed by atoms with E-state index in [-0.39, 0.29) is 0 Å². The minimum atomic E-state index is 0.530. The number of nitrogens with two attached hydrogens (primary N) is 1. The van der Waals surface area contributed by atoms with Crippen molar-refractivity contribution in [1.29, 1.82) is 0 Å². The summed E-state index contributed by atoms with van der Waals surface area (Å²) in [5, 5.41) is 6.30. The van der Waals surface area contributed by atoms with Gasteiger partial charge in [-0.25, -0.2) is 4.98 Å². The van der Waals surface area contributed by atoms with E-state index in [1.807, 2.05) is 18.2 Å². The molecule has 3 N–H and O–H groups in total. The summed E-state index contributed by atoms with van der Waals surface area (Å²) in [5.74, 6) is 0.530. The van der Waals surface area contributed by atoms with Crippen molar-refractivity contribution < 1.29 is 0 Å². The van der Waals surface area contributed by atoms with Gasteiger partial charge in [-0.2, -0.15) is 0 Å². The Balaban J connectivity index is 1.80. The number of unbranched alkanes of at least 4 members (excludes halogenated alkanes) is 1. The molecule has 0 unspecified atom stereocenters. The minimum Gasteiger partial charge on any atom is -0.370 e. The average molecular weight is 302 g/mol. The molecule has 0 aliphatic heterocycles. The van der Waals surface area contributed by atoms with Gasteiger partial charge in [0.05, 0.1) is 5.69 Å². The highest BCUT2D eigenvalue weighted by Crippen LogP contribution is 2.23. The van der Waals surface area contributed by atoms with Crippen LogP contribution in [0.15, 0.2) is 40.7 Å². The van der Waals surface area contributed by atoms with Crippen LogP contribution in [0.4, 0.5) is 0 Å². The maximum atomic E-state index is 5.80. The van der Waals surface area contributed by atoms with Gasteiger partial charge in [0.25, 0.3) is 0 Å². The molecule has 5 heteroatoms. The summed E-state index contributed by atoms with van der Waals surface area (Å²) < 4.78 is 0. The third-order valence-electron chi connectivity index (χ3n) is 3.05. The number of nitrogens with zero attached hydrogens (tertiary/aromatic N) is 2. The number of aliphatic imine (C=N–C) groups is 1. The molecule has 0 aliphatic rings. The largest absolute Gasteiger partial charge is 0.370 e. The van der Waals surface area contributed by atoms with E-state index in [4.69, 9.17) is 5.73 Å². The van der Waals surface area contributed by atoms with Gasteiger partial charge in [0, 0.05) is 30.5 Å². The lowest BCUT2D eigenvalue weighted by atomic mass is 10.2. The molecule has 112 valence electrons. The topological polar surface area (TPSA) is 63.3 Å². The molecule has 0 fully saturated rings. The fourth-order valence-electron chi connectivity index (χ4n) is 1.87. The highest BCUT2D eigenvalue weighted by molar-refractivity contribution is 7.13. The van der Waals surface area contributed by atoms with E-state index in [9.17, 15) is 0 Å². The van der Waals surface area contributed by atoms with Crippen LogP contribution in [-0.4, -0.2) is 24.0 Å². The number of benzene rings is 1. The Morgan fingerprint density at radius 2 is 2.14 bits per heavy atom. The molecule has 0 bridgehead atoms. The molecule has 4 nitrogen and oxygen atoms in total. The molecule has 0 saturated heterocycles. The normalized spacial score (nSPS) is 11.6. The molecule has 1 heterocycles. The molecule has 2 aromatic rings. The van der Waals surface area contributed by atoms with Crippen LogP contribution in [0.25, 0.3) is 10.6 Å². The second-order valence-electron chi connectivity index (χ2n) is 4.81. The Morgan fingerprint density at radius 3 is 2.90 bits per heavy atom. The van der Waals surface area contributed by atoms with Crippen molar-refractivity contribution in [3.63, 3.8) is 0 Å². The van der Waals surface area contributed by atoms with Crippen LogP contribution in [0, 0.1) is 0 Å². The first-order chi connectivity index (χ1) is 10.3. The van der Waals surface area contributed by atoms with Gasteiger partial charge in [-0.05, 0) is 6.42 Å². The van der Waals surface area contributed by atoms with E-state index in [1.54, 1.807) is 11.3 Å². The van der Waals surface area contributed by atoms with Crippen molar-refractivity contribution in [3.8, 4) is 10.6 Å². The number of thiazole rings is 1. The summed E-state index contributed by atoms with van der Waals surface area (Å²) in [7, 11) is 0. The molecule has 0 spiro atoms. The second kappa shape index (κ2) is 8.42. The highest BCUT2D eigenvalue weighted by Gasteiger charge is 2.04. The molecular weight excluding hydrogens is 280 g/mol. The van der Waals surface area contributed by atoms with Gasteiger partial charge in [-0.1, -0.05) is 43.7 Å². The molecule has 0 atom stereocenters. The Kier molecular flexibility index (Phi) is 6.22. The Labute approximate surface area is 130 Å². The standard InChI is InChI=1S/C16H22N4S/c1-2-3-10-18-16(17)19-11-9-14-12-21-15(20-14)13-7-5-4-6-8-13/h4-8,12H,2-3,9-11H2,1H3,(H3,17,18,19). The molecule has 1 aromatic heterocycles. The fraction of sp³-hybridized carbons (Fsp3) is 0.375. The maximum Gasteiger partial charge on any atom is 0.188 e. The highest BCUT2D eigenvalue weighted by atomic mass is 32.1. The molecule has 1 aromatic carbocycles. The van der Waals surface area contributed by atoms with E-state index in [0.29, 0.717) is 5.96 Å². The fourth-order valence-corrected chi connectivity index (χ4v) is 2.73. The van der Waals surface area contributed by atoms with E-state index in [2.05, 4.69) is 39.7 Å². The number of aromatic nitrogens is 1. The molecule has 21 heavy (non-hydrogen) atoms. The number of guanidine groups is 1. The van der Waals surface area contributed by atoms with Gasteiger partial charge in [0.1, 0.15) is 5.01 Å². The Bertz CT molecular complexity index is 563. The van der Waals surface area contributed by atoms with Gasteiger partial charge >= 0.3 is 0 Å². The maximum absolute atomic E-state index is 5.80. The van der Waals surface area contributed by atoms with Crippen molar-refractivity contribution in [2.45, 2.75) is 26.2 Å². The number of hydrogen-bond acceptors (Lipinski definition) is 3. The lowest BCUT2D eigenvalue weighted by Gasteiger charge is -2.03. The van der Waals surface area contributed by atoms with Gasteiger partial charge in [-0.3, -0.25) is 4.99 Å². The second-order valence-corrected chi connectivity index (χ2v) is 5.67. The van der Waals surface area contributed by atoms with Gasteiger partial charge < -0.3 is 11.1 Å². The summed E-state index contributed by atoms with van der Waals surface area (Å²) in [6.45, 7) is 3.70. The van der Waals surface area contributed by atoms with Crippen LogP contribution < -0.4 is 11.1 Å². The zero-order chi connectivity index (χ0) is 14.9. The van der Waals surface area contributed by atoms with Crippen LogP contribution in [0.1, 0.15) is 25.5 Å². The first-order valence-electron chi connectivity index (χ1n) is 7.33. The third kappa shape index (κ3) is 5.19. The third-order valence-corrected chi connectivity index (χ3v) is 3.99. The zero-order valence-electron chi connectivity index (χ0n) is 12.4. The quantitative estimate of drug-likeness (QED) is 0.469. The van der Waals surface area contributed by atoms with Gasteiger partial charge in [0.2, 0.25) is 0 Å². The molecule has 0 radical (unpaired) electrons. The first kappa shape index (κ1) is 15.5. The lowest BCUT2D eigenvalue weighted by Crippen LogP contribution is -2.33. The van der Waals surface area contributed by atoms with Crippen LogP contribution in [0.2, 0.25) is 0 Å². The number of rotatable bonds is 7. The molecule has 0 amide bonds. The lowest BCUT2D eigenvalue weighted by molar-refractivity contribution is 0.788. The predicted octanol–water partition coefficient (Wildman–Crippen LogP) is 3.06. The summed E-state index contributed by atoms with van der Waals surface area (Å²) in [4.78, 5) is 8.91. The number of hydrogen-bond donors (Lipinski definition) is 2. The smallest absolute Gasteiger partial charge is 0.188 e. The van der Waals surface area contributed by atoms with Gasteiger partial charge in [-0.15, -0.1) is 11.3 Å². The van der Waals surface area contributed by atoms with Crippen molar-refractivity contribution in [2.75, 3.05) is 13.1 Å². The van der Waals surface area contributed by atoms with Crippen molar-refractivity contribution >= 4 is 17.3 Å². The molecule has 0 saturated carbocycles. The Morgan fingerprint density at radius 1 is 1.33 bits per heavy atom. The van der Waals surface area contributed by atoms with Crippen molar-refractivity contribution in [2.24, 2.45) is 10.7 Å². The molecular formula is C16H22N4S. The summed E-state index contributed by atoms with van der Waals surface area (Å²) in [5.41, 5.74) is 8.06. The molecule has 2 rings (SSSR count). The first-order valence-corrected chi connectivity index (χ1v) is 8.21. The van der Waals surface area contributed by atoms with Crippen LogP contribution in [0.5, 0.6) is 0 Å². The summed E-state index contributed by atoms with van der Waals surface area (Å²) in [6, 6.07) is 10.2. The predicted molar refractivity (Wildman–Crippen MR) is 90.7 cm³/mol. The van der Waals surface area contributed by atoms with E-state index < -0.39 is 0 Å². The van der Waals surface area contributed by atoms with E-state index in [0.717, 1.165) is 43.1 Å². The Hall–Kier alpha value is -1.88. The molecule has 0 aliphatic carbocycles. The minimum absolute atomic E-state index is 0.530. The zero-order valence-corrected chi connectivity index (χ0v) is 13.2. The summed E-state index contributed by atoms with van der Waals surface area (Å²) in [6.07, 6.45) is 3.07. The van der Waals surface area contributed by atoms with E-state index >= 15 is 0 Å². The van der Waals surface area contributed by atoms with Crippen molar-refractivity contribution in [3.05, 3.63) is 41.4 Å². The van der Waals surface area contributed by atoms with Crippen LogP contribution >= 0.6 is 11.3 Å². The monoisotopic (exact) mass is 302 g/mol. The summed E-state index contributed by atoms with van der Waals surface area (Å²) >= 11 is 1.68. The average Bonchev–Trinajstić information content (AvgIpc) is 2.97. The van der Waals surface area contributed by atoms with Crippen LogP contribution in [0.3, 0.4) is 0 Å². The van der Waals surface area contributed by atoms with E-state index in [1.165, 1.54) is 5.56 Å². The SMILES string of the molecule is CCCCN=C(N)NCCc1csc(-c2ccccc2)n1.